The molecule has 2 heterocycles. The van der Waals surface area contributed by atoms with E-state index in [4.69, 9.17) is 5.11 Å². The third-order valence-electron chi connectivity index (χ3n) is 3.27. The predicted molar refractivity (Wildman–Crippen MR) is 70.0 cm³/mol. The van der Waals surface area contributed by atoms with Crippen LogP contribution in [0.25, 0.3) is 17.0 Å². The number of hydrogen-bond acceptors (Lipinski definition) is 2. The van der Waals surface area contributed by atoms with Crippen LogP contribution < -0.4 is 0 Å². The summed E-state index contributed by atoms with van der Waals surface area (Å²) in [7, 11) is 0. The molecule has 2 N–H and O–H groups in total. The van der Waals surface area contributed by atoms with E-state index in [1.54, 1.807) is 0 Å². The third-order valence-corrected chi connectivity index (χ3v) is 3.27. The van der Waals surface area contributed by atoms with Crippen molar-refractivity contribution in [2.45, 2.75) is 13.0 Å². The average Bonchev–Trinajstić information content (AvgIpc) is 2.74. The topological polar surface area (TPSA) is 56.3 Å². The summed E-state index contributed by atoms with van der Waals surface area (Å²) < 4.78 is 0. The molecule has 0 radical (unpaired) electrons. The van der Waals surface area contributed by atoms with Crippen molar-refractivity contribution in [1.29, 1.82) is 0 Å². The fourth-order valence-corrected chi connectivity index (χ4v) is 2.36. The Balaban J connectivity index is 1.89. The summed E-state index contributed by atoms with van der Waals surface area (Å²) >= 11 is 0. The van der Waals surface area contributed by atoms with Gasteiger partial charge in [-0.25, -0.2) is 0 Å². The molecule has 1 aromatic heterocycles. The van der Waals surface area contributed by atoms with Crippen molar-refractivity contribution < 1.29 is 9.90 Å². The molecule has 0 fully saturated rings. The second kappa shape index (κ2) is 4.22. The van der Waals surface area contributed by atoms with E-state index < -0.39 is 5.97 Å². The van der Waals surface area contributed by atoms with E-state index in [0.717, 1.165) is 17.8 Å². The summed E-state index contributed by atoms with van der Waals surface area (Å²) in [5.41, 5.74) is 3.51. The molecule has 4 nitrogen and oxygen atoms in total. The lowest BCUT2D eigenvalue weighted by Gasteiger charge is -2.23. The SMILES string of the molecule is O=C(O)CCN1C=Cc2[nH]c3ccccc3c2C1. The molecule has 18 heavy (non-hydrogen) atoms. The Bertz CT molecular complexity index is 628. The van der Waals surface area contributed by atoms with Gasteiger partial charge in [0.2, 0.25) is 0 Å². The zero-order valence-electron chi connectivity index (χ0n) is 9.89. The van der Waals surface area contributed by atoms with Crippen LogP contribution in [-0.4, -0.2) is 27.5 Å². The van der Waals surface area contributed by atoms with Gasteiger partial charge in [0.05, 0.1) is 6.42 Å². The second-order valence-corrected chi connectivity index (χ2v) is 4.49. The van der Waals surface area contributed by atoms with Gasteiger partial charge in [0.1, 0.15) is 0 Å². The fraction of sp³-hybridized carbons (Fsp3) is 0.214. The zero-order chi connectivity index (χ0) is 12.5. The van der Waals surface area contributed by atoms with Crippen LogP contribution in [0.2, 0.25) is 0 Å². The van der Waals surface area contributed by atoms with E-state index in [1.165, 1.54) is 10.9 Å². The minimum atomic E-state index is -0.756. The maximum absolute atomic E-state index is 10.6. The summed E-state index contributed by atoms with van der Waals surface area (Å²) in [6, 6.07) is 8.19. The van der Waals surface area contributed by atoms with Crippen LogP contribution in [0.3, 0.4) is 0 Å². The van der Waals surface area contributed by atoms with E-state index in [9.17, 15) is 4.79 Å². The number of aromatic nitrogens is 1. The number of carboxylic acid groups (broad SMARTS) is 1. The summed E-state index contributed by atoms with van der Waals surface area (Å²) in [6.45, 7) is 1.31. The highest BCUT2D eigenvalue weighted by Crippen LogP contribution is 2.27. The molecular formula is C14H14N2O2. The van der Waals surface area contributed by atoms with Gasteiger partial charge in [0.15, 0.2) is 0 Å². The van der Waals surface area contributed by atoms with Crippen LogP contribution in [0.15, 0.2) is 30.5 Å². The minimum absolute atomic E-state index is 0.169. The fourth-order valence-electron chi connectivity index (χ4n) is 2.36. The quantitative estimate of drug-likeness (QED) is 0.869. The standard InChI is InChI=1S/C14H14N2O2/c17-14(18)6-8-16-7-5-13-11(9-16)10-3-1-2-4-12(10)15-13/h1-5,7,15H,6,8-9H2,(H,17,18). The van der Waals surface area contributed by atoms with Crippen molar-refractivity contribution in [3.63, 3.8) is 0 Å². The van der Waals surface area contributed by atoms with Crippen molar-refractivity contribution >= 4 is 22.9 Å². The number of nitrogens with one attached hydrogen (secondary N) is 1. The van der Waals surface area contributed by atoms with Gasteiger partial charge in [-0.1, -0.05) is 18.2 Å². The van der Waals surface area contributed by atoms with Crippen molar-refractivity contribution in [3.8, 4) is 0 Å². The maximum atomic E-state index is 10.6. The number of aliphatic carboxylic acids is 1. The lowest BCUT2D eigenvalue weighted by atomic mass is 10.1. The van der Waals surface area contributed by atoms with Gasteiger partial charge in [0, 0.05) is 41.4 Å². The Labute approximate surface area is 105 Å². The number of nitrogens with zero attached hydrogens (tertiary/aromatic N) is 1. The first-order valence-corrected chi connectivity index (χ1v) is 5.97. The first-order chi connectivity index (χ1) is 8.74. The number of carbonyl (C=O) groups is 1. The lowest BCUT2D eigenvalue weighted by Crippen LogP contribution is -2.22. The highest BCUT2D eigenvalue weighted by Gasteiger charge is 2.16. The molecule has 0 saturated heterocycles. The molecule has 1 aromatic carbocycles. The van der Waals surface area contributed by atoms with Crippen molar-refractivity contribution in [1.82, 2.24) is 9.88 Å². The Hall–Kier alpha value is -2.23. The summed E-state index contributed by atoms with van der Waals surface area (Å²) in [4.78, 5) is 16.0. The van der Waals surface area contributed by atoms with E-state index in [2.05, 4.69) is 17.1 Å². The van der Waals surface area contributed by atoms with Crippen LogP contribution in [0, 0.1) is 0 Å². The van der Waals surface area contributed by atoms with Crippen LogP contribution in [0.4, 0.5) is 0 Å². The van der Waals surface area contributed by atoms with Gasteiger partial charge in [-0.3, -0.25) is 4.79 Å². The first kappa shape index (κ1) is 10.9. The van der Waals surface area contributed by atoms with Crippen LogP contribution in [-0.2, 0) is 11.3 Å². The summed E-state index contributed by atoms with van der Waals surface area (Å²) in [6.07, 6.45) is 4.14. The van der Waals surface area contributed by atoms with E-state index >= 15 is 0 Å². The van der Waals surface area contributed by atoms with E-state index in [0.29, 0.717) is 6.54 Å². The molecule has 4 heteroatoms. The molecule has 0 spiro atoms. The lowest BCUT2D eigenvalue weighted by molar-refractivity contribution is -0.137. The smallest absolute Gasteiger partial charge is 0.305 e. The Kier molecular flexibility index (Phi) is 2.55. The average molecular weight is 242 g/mol. The molecule has 92 valence electrons. The van der Waals surface area contributed by atoms with Crippen LogP contribution in [0.1, 0.15) is 17.7 Å². The minimum Gasteiger partial charge on any atom is -0.481 e. The molecule has 1 aliphatic rings. The van der Waals surface area contributed by atoms with Gasteiger partial charge >= 0.3 is 5.97 Å². The number of aromatic amines is 1. The second-order valence-electron chi connectivity index (χ2n) is 4.49. The number of hydrogen-bond donors (Lipinski definition) is 2. The highest BCUT2D eigenvalue weighted by molar-refractivity contribution is 5.87. The number of para-hydroxylation sites is 1. The maximum Gasteiger partial charge on any atom is 0.305 e. The van der Waals surface area contributed by atoms with Gasteiger partial charge in [0.25, 0.3) is 0 Å². The van der Waals surface area contributed by atoms with E-state index in [1.807, 2.05) is 29.3 Å². The van der Waals surface area contributed by atoms with Gasteiger partial charge in [-0.05, 0) is 12.1 Å². The predicted octanol–water partition coefficient (Wildman–Crippen LogP) is 2.43. The van der Waals surface area contributed by atoms with Crippen molar-refractivity contribution in [2.24, 2.45) is 0 Å². The monoisotopic (exact) mass is 242 g/mol. The molecular weight excluding hydrogens is 228 g/mol. The molecule has 0 amide bonds. The molecule has 0 aliphatic carbocycles. The summed E-state index contributed by atoms with van der Waals surface area (Å²) in [5.74, 6) is -0.756. The van der Waals surface area contributed by atoms with Gasteiger partial charge in [-0.2, -0.15) is 0 Å². The molecule has 0 atom stereocenters. The normalized spacial score (nSPS) is 13.9. The molecule has 0 saturated carbocycles. The van der Waals surface area contributed by atoms with Crippen LogP contribution >= 0.6 is 0 Å². The zero-order valence-corrected chi connectivity index (χ0v) is 9.89. The number of rotatable bonds is 3. The number of carboxylic acids is 1. The largest absolute Gasteiger partial charge is 0.481 e. The molecule has 3 rings (SSSR count). The van der Waals surface area contributed by atoms with Crippen LogP contribution in [0.5, 0.6) is 0 Å². The Morgan fingerprint density at radius 3 is 3.06 bits per heavy atom. The highest BCUT2D eigenvalue weighted by atomic mass is 16.4. The molecule has 2 aromatic rings. The molecule has 1 aliphatic heterocycles. The summed E-state index contributed by atoms with van der Waals surface area (Å²) in [5, 5.41) is 9.93. The molecule has 0 bridgehead atoms. The van der Waals surface area contributed by atoms with Gasteiger partial charge < -0.3 is 15.0 Å². The van der Waals surface area contributed by atoms with Crippen molar-refractivity contribution in [3.05, 3.63) is 41.7 Å². The van der Waals surface area contributed by atoms with Gasteiger partial charge in [-0.15, -0.1) is 0 Å². The number of H-pyrrole nitrogens is 1. The number of fused-ring (bicyclic) bond motifs is 3. The Morgan fingerprint density at radius 2 is 2.22 bits per heavy atom. The Morgan fingerprint density at radius 1 is 1.39 bits per heavy atom. The first-order valence-electron chi connectivity index (χ1n) is 5.97. The van der Waals surface area contributed by atoms with Crippen molar-refractivity contribution in [2.75, 3.05) is 6.54 Å². The molecule has 0 unspecified atom stereocenters. The van der Waals surface area contributed by atoms with E-state index in [-0.39, 0.29) is 6.42 Å². The third kappa shape index (κ3) is 1.86. The number of benzene rings is 1.